The van der Waals surface area contributed by atoms with Gasteiger partial charge in [-0.1, -0.05) is 60.8 Å². The molecule has 34 heavy (non-hydrogen) atoms. The number of hydrogen-bond donors (Lipinski definition) is 1. The van der Waals surface area contributed by atoms with Gasteiger partial charge in [0.05, 0.1) is 11.9 Å². The standard InChI is InChI=1S/C24H31Cl2N3O4S/c1-5-6-14-27-24(31)18(3)28(15-19-10-7-8-11-21(19)26)23(30)16-29(34(4,32)33)22-13-9-12-20(25)17(22)2/h7-13,18H,5-6,14-16H2,1-4H3,(H,27,31). The minimum absolute atomic E-state index is 0.0486. The molecule has 0 saturated carbocycles. The van der Waals surface area contributed by atoms with Gasteiger partial charge in [0.1, 0.15) is 12.6 Å². The fraction of sp³-hybridized carbons (Fsp3) is 0.417. The first-order valence-corrected chi connectivity index (χ1v) is 13.6. The molecule has 0 fully saturated rings. The third-order valence-electron chi connectivity index (χ3n) is 5.48. The molecule has 0 aromatic heterocycles. The average Bonchev–Trinajstić information content (AvgIpc) is 2.77. The highest BCUT2D eigenvalue weighted by Crippen LogP contribution is 2.28. The van der Waals surface area contributed by atoms with Crippen LogP contribution in [0.15, 0.2) is 42.5 Å². The molecule has 186 valence electrons. The molecule has 2 amide bonds. The first-order valence-electron chi connectivity index (χ1n) is 11.0. The molecular weight excluding hydrogens is 497 g/mol. The van der Waals surface area contributed by atoms with Crippen LogP contribution in [0.5, 0.6) is 0 Å². The van der Waals surface area contributed by atoms with Crippen LogP contribution in [0.1, 0.15) is 37.8 Å². The lowest BCUT2D eigenvalue weighted by atomic mass is 10.1. The molecule has 2 aromatic carbocycles. The number of hydrogen-bond acceptors (Lipinski definition) is 4. The van der Waals surface area contributed by atoms with Gasteiger partial charge in [0.15, 0.2) is 0 Å². The first-order chi connectivity index (χ1) is 16.0. The Labute approximate surface area is 212 Å². The summed E-state index contributed by atoms with van der Waals surface area (Å²) in [5.41, 5.74) is 1.49. The van der Waals surface area contributed by atoms with E-state index in [1.54, 1.807) is 56.3 Å². The molecule has 0 aliphatic heterocycles. The van der Waals surface area contributed by atoms with E-state index in [0.717, 1.165) is 23.4 Å². The van der Waals surface area contributed by atoms with Crippen LogP contribution in [-0.4, -0.2) is 50.5 Å². The van der Waals surface area contributed by atoms with E-state index < -0.39 is 28.5 Å². The third-order valence-corrected chi connectivity index (χ3v) is 7.39. The Hall–Kier alpha value is -2.29. The van der Waals surface area contributed by atoms with E-state index >= 15 is 0 Å². The van der Waals surface area contributed by atoms with Crippen LogP contribution in [0.3, 0.4) is 0 Å². The SMILES string of the molecule is CCCCNC(=O)C(C)N(Cc1ccccc1Cl)C(=O)CN(c1cccc(Cl)c1C)S(C)(=O)=O. The zero-order valence-electron chi connectivity index (χ0n) is 19.8. The Kier molecular flexibility index (Phi) is 10.2. The summed E-state index contributed by atoms with van der Waals surface area (Å²) in [5.74, 6) is -0.860. The predicted molar refractivity (Wildman–Crippen MR) is 138 cm³/mol. The molecule has 0 heterocycles. The summed E-state index contributed by atoms with van der Waals surface area (Å²) >= 11 is 12.5. The Bertz CT molecular complexity index is 1120. The van der Waals surface area contributed by atoms with Crippen LogP contribution in [0.4, 0.5) is 5.69 Å². The second-order valence-corrected chi connectivity index (χ2v) is 10.8. The lowest BCUT2D eigenvalue weighted by molar-refractivity contribution is -0.139. The highest BCUT2D eigenvalue weighted by molar-refractivity contribution is 7.92. The number of amides is 2. The smallest absolute Gasteiger partial charge is 0.244 e. The average molecular weight is 529 g/mol. The zero-order valence-corrected chi connectivity index (χ0v) is 22.2. The molecule has 1 unspecified atom stereocenters. The normalized spacial score (nSPS) is 12.2. The van der Waals surface area contributed by atoms with Gasteiger partial charge in [-0.15, -0.1) is 0 Å². The highest BCUT2D eigenvalue weighted by atomic mass is 35.5. The fourth-order valence-electron chi connectivity index (χ4n) is 3.39. The van der Waals surface area contributed by atoms with Crippen LogP contribution in [0.2, 0.25) is 10.0 Å². The van der Waals surface area contributed by atoms with Crippen molar-refractivity contribution in [1.29, 1.82) is 0 Å². The summed E-state index contributed by atoms with van der Waals surface area (Å²) < 4.78 is 26.3. The molecule has 7 nitrogen and oxygen atoms in total. The molecule has 2 aromatic rings. The Morgan fingerprint density at radius 2 is 1.71 bits per heavy atom. The van der Waals surface area contributed by atoms with E-state index in [2.05, 4.69) is 5.32 Å². The van der Waals surface area contributed by atoms with Crippen molar-refractivity contribution in [3.05, 3.63) is 63.6 Å². The van der Waals surface area contributed by atoms with Gasteiger partial charge in [0.25, 0.3) is 0 Å². The molecule has 0 spiro atoms. The van der Waals surface area contributed by atoms with Gasteiger partial charge >= 0.3 is 0 Å². The highest BCUT2D eigenvalue weighted by Gasteiger charge is 2.31. The van der Waals surface area contributed by atoms with Crippen molar-refractivity contribution in [2.75, 3.05) is 23.7 Å². The van der Waals surface area contributed by atoms with E-state index in [0.29, 0.717) is 33.4 Å². The van der Waals surface area contributed by atoms with Crippen LogP contribution < -0.4 is 9.62 Å². The van der Waals surface area contributed by atoms with Crippen molar-refractivity contribution in [2.45, 2.75) is 46.2 Å². The summed E-state index contributed by atoms with van der Waals surface area (Å²) in [4.78, 5) is 27.7. The second-order valence-electron chi connectivity index (χ2n) is 8.09. The van der Waals surface area contributed by atoms with Crippen molar-refractivity contribution in [1.82, 2.24) is 10.2 Å². The monoisotopic (exact) mass is 527 g/mol. The molecule has 0 saturated heterocycles. The number of halogens is 2. The largest absolute Gasteiger partial charge is 0.354 e. The summed E-state index contributed by atoms with van der Waals surface area (Å²) in [5, 5.41) is 3.67. The molecule has 1 atom stereocenters. The number of carbonyl (C=O) groups excluding carboxylic acids is 2. The maximum Gasteiger partial charge on any atom is 0.244 e. The number of nitrogens with zero attached hydrogens (tertiary/aromatic N) is 2. The van der Waals surface area contributed by atoms with Gasteiger partial charge in [-0.2, -0.15) is 0 Å². The van der Waals surface area contributed by atoms with Crippen molar-refractivity contribution in [3.8, 4) is 0 Å². The Morgan fingerprint density at radius 1 is 1.06 bits per heavy atom. The number of unbranched alkanes of at least 4 members (excludes halogenated alkanes) is 1. The molecular formula is C24H31Cl2N3O4S. The van der Waals surface area contributed by atoms with Gasteiger partial charge in [-0.25, -0.2) is 8.42 Å². The fourth-order valence-corrected chi connectivity index (χ4v) is 4.65. The topological polar surface area (TPSA) is 86.8 Å². The van der Waals surface area contributed by atoms with Crippen molar-refractivity contribution >= 4 is 50.7 Å². The van der Waals surface area contributed by atoms with E-state index in [1.165, 1.54) is 4.90 Å². The number of nitrogens with one attached hydrogen (secondary N) is 1. The minimum Gasteiger partial charge on any atom is -0.354 e. The Morgan fingerprint density at radius 3 is 2.32 bits per heavy atom. The van der Waals surface area contributed by atoms with Crippen LogP contribution in [0, 0.1) is 6.92 Å². The number of sulfonamides is 1. The van der Waals surface area contributed by atoms with Crippen molar-refractivity contribution in [2.24, 2.45) is 0 Å². The molecule has 0 radical (unpaired) electrons. The number of rotatable bonds is 11. The van der Waals surface area contributed by atoms with Gasteiger partial charge < -0.3 is 10.2 Å². The number of anilines is 1. The summed E-state index contributed by atoms with van der Waals surface area (Å²) in [7, 11) is -3.83. The van der Waals surface area contributed by atoms with Crippen LogP contribution in [-0.2, 0) is 26.2 Å². The molecule has 10 heteroatoms. The second kappa shape index (κ2) is 12.4. The van der Waals surface area contributed by atoms with Gasteiger partial charge in [0.2, 0.25) is 21.8 Å². The van der Waals surface area contributed by atoms with E-state index in [4.69, 9.17) is 23.2 Å². The van der Waals surface area contributed by atoms with E-state index in [-0.39, 0.29) is 12.5 Å². The lowest BCUT2D eigenvalue weighted by Gasteiger charge is -2.32. The van der Waals surface area contributed by atoms with Gasteiger partial charge in [-0.05, 0) is 49.6 Å². The van der Waals surface area contributed by atoms with E-state index in [9.17, 15) is 18.0 Å². The molecule has 2 rings (SSSR count). The van der Waals surface area contributed by atoms with Gasteiger partial charge in [-0.3, -0.25) is 13.9 Å². The molecule has 0 aliphatic rings. The summed E-state index contributed by atoms with van der Waals surface area (Å²) in [6.07, 6.45) is 2.76. The van der Waals surface area contributed by atoms with Crippen LogP contribution in [0.25, 0.3) is 0 Å². The van der Waals surface area contributed by atoms with E-state index in [1.807, 2.05) is 6.92 Å². The summed E-state index contributed by atoms with van der Waals surface area (Å²) in [6.45, 7) is 5.37. The number of benzene rings is 2. The van der Waals surface area contributed by atoms with Crippen molar-refractivity contribution in [3.63, 3.8) is 0 Å². The Balaban J connectivity index is 2.41. The van der Waals surface area contributed by atoms with Crippen molar-refractivity contribution < 1.29 is 18.0 Å². The predicted octanol–water partition coefficient (Wildman–Crippen LogP) is 4.40. The third kappa shape index (κ3) is 7.35. The molecule has 0 aliphatic carbocycles. The number of carbonyl (C=O) groups is 2. The summed E-state index contributed by atoms with van der Waals surface area (Å²) in [6, 6.07) is 11.0. The molecule has 1 N–H and O–H groups in total. The lowest BCUT2D eigenvalue weighted by Crippen LogP contribution is -2.51. The maximum atomic E-state index is 13.5. The maximum absolute atomic E-state index is 13.5. The molecule has 0 bridgehead atoms. The zero-order chi connectivity index (χ0) is 25.5. The first kappa shape index (κ1) is 28.0. The van der Waals surface area contributed by atoms with Crippen LogP contribution >= 0.6 is 23.2 Å². The minimum atomic E-state index is -3.83. The van der Waals surface area contributed by atoms with Gasteiger partial charge in [0, 0.05) is 23.1 Å². The quantitative estimate of drug-likeness (QED) is 0.438.